The van der Waals surface area contributed by atoms with Gasteiger partial charge in [-0.3, -0.25) is 14.4 Å². The number of ether oxygens (including phenoxy) is 2. The molecule has 1 N–H and O–H groups in total. The molecule has 1 aromatic carbocycles. The van der Waals surface area contributed by atoms with E-state index in [4.69, 9.17) is 4.74 Å². The molecule has 2 atom stereocenters. The lowest BCUT2D eigenvalue weighted by atomic mass is 10.1. The normalized spacial score (nSPS) is 18.5. The zero-order valence-corrected chi connectivity index (χ0v) is 13.5. The minimum atomic E-state index is -0.932. The molecule has 1 aromatic rings. The minimum Gasteiger partial charge on any atom is -0.481 e. The quantitative estimate of drug-likeness (QED) is 0.790. The summed E-state index contributed by atoms with van der Waals surface area (Å²) in [6.07, 6.45) is -1.11. The molecule has 8 heteroatoms. The molecule has 2 amide bonds. The predicted molar refractivity (Wildman–Crippen MR) is 81.6 cm³/mol. The number of hydrogen-bond acceptors (Lipinski definition) is 5. The molecular weight excluding hydrogens is 319 g/mol. The molecule has 1 saturated heterocycles. The topological polar surface area (TPSA) is 84.9 Å². The Hall–Kier alpha value is -2.64. The maximum atomic E-state index is 12.9. The molecule has 7 nitrogen and oxygen atoms in total. The molecule has 0 saturated carbocycles. The molecular formula is C16H19FN2O5. The largest absolute Gasteiger partial charge is 0.481 e. The first kappa shape index (κ1) is 17.7. The van der Waals surface area contributed by atoms with Crippen LogP contribution in [0.5, 0.6) is 5.75 Å². The molecule has 2 rings (SSSR count). The Bertz CT molecular complexity index is 619. The first-order valence-corrected chi connectivity index (χ1v) is 7.49. The number of nitrogens with one attached hydrogen (secondary N) is 1. The van der Waals surface area contributed by atoms with Gasteiger partial charge in [-0.05, 0) is 31.2 Å². The summed E-state index contributed by atoms with van der Waals surface area (Å²) in [6, 6.07) is 4.34. The summed E-state index contributed by atoms with van der Waals surface area (Å²) in [4.78, 5) is 37.4. The second kappa shape index (κ2) is 7.76. The van der Waals surface area contributed by atoms with Crippen molar-refractivity contribution in [3.8, 4) is 5.75 Å². The van der Waals surface area contributed by atoms with Crippen molar-refractivity contribution in [1.29, 1.82) is 0 Å². The van der Waals surface area contributed by atoms with Crippen LogP contribution in [0.2, 0.25) is 0 Å². The van der Waals surface area contributed by atoms with Gasteiger partial charge in [0, 0.05) is 13.1 Å². The van der Waals surface area contributed by atoms with E-state index >= 15 is 0 Å². The van der Waals surface area contributed by atoms with Gasteiger partial charge in [-0.1, -0.05) is 0 Å². The molecule has 130 valence electrons. The molecule has 1 heterocycles. The summed E-state index contributed by atoms with van der Waals surface area (Å²) in [6.45, 7) is 2.10. The van der Waals surface area contributed by atoms with E-state index in [1.165, 1.54) is 43.2 Å². The van der Waals surface area contributed by atoms with Crippen molar-refractivity contribution in [2.45, 2.75) is 25.5 Å². The highest BCUT2D eigenvalue weighted by Crippen LogP contribution is 2.17. The zero-order valence-electron chi connectivity index (χ0n) is 13.5. The number of esters is 1. The molecule has 0 spiro atoms. The number of rotatable bonds is 5. The number of carbonyl (C=O) groups is 3. The second-order valence-electron chi connectivity index (χ2n) is 5.33. The summed E-state index contributed by atoms with van der Waals surface area (Å²) in [7, 11) is 1.22. The van der Waals surface area contributed by atoms with Gasteiger partial charge in [-0.25, -0.2) is 4.39 Å². The van der Waals surface area contributed by atoms with Crippen molar-refractivity contribution in [2.75, 3.05) is 20.2 Å². The lowest BCUT2D eigenvalue weighted by Gasteiger charge is -2.35. The van der Waals surface area contributed by atoms with E-state index in [1.54, 1.807) is 0 Å². The third-order valence-electron chi connectivity index (χ3n) is 3.68. The fourth-order valence-corrected chi connectivity index (χ4v) is 2.42. The number of piperazine rings is 1. The number of nitrogens with zero attached hydrogens (tertiary/aromatic N) is 1. The van der Waals surface area contributed by atoms with Gasteiger partial charge < -0.3 is 19.7 Å². The molecule has 1 fully saturated rings. The van der Waals surface area contributed by atoms with Gasteiger partial charge in [-0.2, -0.15) is 0 Å². The van der Waals surface area contributed by atoms with Crippen LogP contribution in [0.15, 0.2) is 24.3 Å². The molecule has 0 radical (unpaired) electrons. The average molecular weight is 338 g/mol. The van der Waals surface area contributed by atoms with Crippen LogP contribution >= 0.6 is 0 Å². The number of amides is 2. The van der Waals surface area contributed by atoms with Crippen LogP contribution in [0, 0.1) is 5.82 Å². The highest BCUT2D eigenvalue weighted by atomic mass is 19.1. The Kier molecular flexibility index (Phi) is 5.73. The Balaban J connectivity index is 2.07. The van der Waals surface area contributed by atoms with Crippen LogP contribution in [0.1, 0.15) is 13.3 Å². The Morgan fingerprint density at radius 3 is 2.67 bits per heavy atom. The van der Waals surface area contributed by atoms with Crippen molar-refractivity contribution in [1.82, 2.24) is 10.2 Å². The number of benzene rings is 1. The maximum Gasteiger partial charge on any atom is 0.308 e. The highest BCUT2D eigenvalue weighted by molar-refractivity contribution is 5.93. The molecule has 0 aromatic heterocycles. The predicted octanol–water partition coefficient (Wildman–Crippen LogP) is 0.483. The Morgan fingerprint density at radius 2 is 2.04 bits per heavy atom. The van der Waals surface area contributed by atoms with Crippen LogP contribution in [0.4, 0.5) is 4.39 Å². The van der Waals surface area contributed by atoms with Gasteiger partial charge in [0.2, 0.25) is 5.91 Å². The van der Waals surface area contributed by atoms with Crippen LogP contribution in [-0.2, 0) is 19.1 Å². The second-order valence-corrected chi connectivity index (χ2v) is 5.33. The third-order valence-corrected chi connectivity index (χ3v) is 3.68. The van der Waals surface area contributed by atoms with Crippen molar-refractivity contribution in [2.24, 2.45) is 0 Å². The van der Waals surface area contributed by atoms with Gasteiger partial charge in [0.25, 0.3) is 5.91 Å². The molecule has 1 aliphatic rings. The average Bonchev–Trinajstić information content (AvgIpc) is 2.57. The first-order chi connectivity index (χ1) is 11.4. The van der Waals surface area contributed by atoms with Crippen LogP contribution in [0.25, 0.3) is 0 Å². The highest BCUT2D eigenvalue weighted by Gasteiger charge is 2.37. The van der Waals surface area contributed by atoms with Gasteiger partial charge in [0.15, 0.2) is 6.10 Å². The van der Waals surface area contributed by atoms with Gasteiger partial charge in [-0.15, -0.1) is 0 Å². The van der Waals surface area contributed by atoms with E-state index in [9.17, 15) is 18.8 Å². The molecule has 1 aliphatic heterocycles. The standard InChI is InChI=1S/C16H19FN2O5/c1-10(24-12-5-3-11(17)4-6-12)16(22)19-8-7-18-15(21)13(19)9-14(20)23-2/h3-6,10,13H,7-9H2,1-2H3,(H,18,21)/t10-,13-/m0/s1. The van der Waals surface area contributed by atoms with Gasteiger partial charge in [0.05, 0.1) is 13.5 Å². The number of halogens is 1. The number of carbonyl (C=O) groups excluding carboxylic acids is 3. The van der Waals surface area contributed by atoms with Crippen molar-refractivity contribution < 1.29 is 28.2 Å². The van der Waals surface area contributed by atoms with Crippen molar-refractivity contribution in [3.05, 3.63) is 30.1 Å². The van der Waals surface area contributed by atoms with Gasteiger partial charge >= 0.3 is 5.97 Å². The number of methoxy groups -OCH3 is 1. The zero-order chi connectivity index (χ0) is 17.7. The Labute approximate surface area is 138 Å². The van der Waals surface area contributed by atoms with Crippen LogP contribution in [0.3, 0.4) is 0 Å². The fraction of sp³-hybridized carbons (Fsp3) is 0.438. The molecule has 24 heavy (non-hydrogen) atoms. The van der Waals surface area contributed by atoms with E-state index in [-0.39, 0.29) is 13.0 Å². The van der Waals surface area contributed by atoms with E-state index in [0.29, 0.717) is 12.3 Å². The SMILES string of the molecule is COC(=O)C[C@H]1C(=O)NCCN1C(=O)[C@H](C)Oc1ccc(F)cc1. The number of hydrogen-bond donors (Lipinski definition) is 1. The van der Waals surface area contributed by atoms with E-state index in [2.05, 4.69) is 10.1 Å². The summed E-state index contributed by atoms with van der Waals surface area (Å²) < 4.78 is 23.0. The summed E-state index contributed by atoms with van der Waals surface area (Å²) in [5.74, 6) is -1.49. The van der Waals surface area contributed by atoms with Gasteiger partial charge in [0.1, 0.15) is 17.6 Å². The lowest BCUT2D eigenvalue weighted by Crippen LogP contribution is -2.60. The van der Waals surface area contributed by atoms with Crippen LogP contribution < -0.4 is 10.1 Å². The lowest BCUT2D eigenvalue weighted by molar-refractivity contribution is -0.153. The van der Waals surface area contributed by atoms with Crippen LogP contribution in [-0.4, -0.2) is 55.0 Å². The maximum absolute atomic E-state index is 12.9. The van der Waals surface area contributed by atoms with E-state index in [0.717, 1.165) is 0 Å². The first-order valence-electron chi connectivity index (χ1n) is 7.49. The monoisotopic (exact) mass is 338 g/mol. The van der Waals surface area contributed by atoms with Crippen molar-refractivity contribution >= 4 is 17.8 Å². The molecule has 0 unspecified atom stereocenters. The molecule has 0 bridgehead atoms. The third kappa shape index (κ3) is 4.21. The minimum absolute atomic E-state index is 0.225. The summed E-state index contributed by atoms with van der Waals surface area (Å²) >= 11 is 0. The summed E-state index contributed by atoms with van der Waals surface area (Å²) in [5.41, 5.74) is 0. The fourth-order valence-electron chi connectivity index (χ4n) is 2.42. The van der Waals surface area contributed by atoms with E-state index in [1.807, 2.05) is 0 Å². The Morgan fingerprint density at radius 1 is 1.38 bits per heavy atom. The smallest absolute Gasteiger partial charge is 0.308 e. The molecule has 0 aliphatic carbocycles. The van der Waals surface area contributed by atoms with E-state index < -0.39 is 35.7 Å². The summed E-state index contributed by atoms with van der Waals surface area (Å²) in [5, 5.41) is 2.62. The van der Waals surface area contributed by atoms with Crippen molar-refractivity contribution in [3.63, 3.8) is 0 Å².